The van der Waals surface area contributed by atoms with E-state index in [0.717, 1.165) is 39.0 Å². The fourth-order valence-corrected chi connectivity index (χ4v) is 5.10. The third-order valence-corrected chi connectivity index (χ3v) is 7.31. The smallest absolute Gasteiger partial charge is 0.248 e. The highest BCUT2D eigenvalue weighted by molar-refractivity contribution is 5.80. The monoisotopic (exact) mass is 549 g/mol. The SMILES string of the molecule is COc1cc2ccoc2cc1CCOCC(=O)N(C)CCOC(c1ccccc1)(c1ccccc1)c1ccccc1. The highest BCUT2D eigenvalue weighted by Gasteiger charge is 2.37. The van der Waals surface area contributed by atoms with Gasteiger partial charge in [-0.1, -0.05) is 91.0 Å². The number of carbonyl (C=O) groups is 1. The Labute approximate surface area is 241 Å². The van der Waals surface area contributed by atoms with E-state index in [1.165, 1.54) is 0 Å². The highest BCUT2D eigenvalue weighted by atomic mass is 16.5. The molecule has 0 unspecified atom stereocenters. The number of methoxy groups -OCH3 is 1. The number of fused-ring (bicyclic) bond motifs is 1. The van der Waals surface area contributed by atoms with Crippen LogP contribution in [-0.2, 0) is 26.3 Å². The van der Waals surface area contributed by atoms with E-state index < -0.39 is 5.60 Å². The second-order valence-electron chi connectivity index (χ2n) is 9.87. The van der Waals surface area contributed by atoms with Gasteiger partial charge in [-0.05, 0) is 41.3 Å². The van der Waals surface area contributed by atoms with Crippen LogP contribution in [0.3, 0.4) is 0 Å². The second kappa shape index (κ2) is 13.3. The molecule has 1 heterocycles. The van der Waals surface area contributed by atoms with E-state index >= 15 is 0 Å². The second-order valence-corrected chi connectivity index (χ2v) is 9.87. The van der Waals surface area contributed by atoms with Crippen LogP contribution in [0.2, 0.25) is 0 Å². The third-order valence-electron chi connectivity index (χ3n) is 7.31. The Morgan fingerprint density at radius 2 is 1.39 bits per heavy atom. The molecule has 5 rings (SSSR count). The van der Waals surface area contributed by atoms with Crippen LogP contribution in [0.1, 0.15) is 22.3 Å². The average Bonchev–Trinajstić information content (AvgIpc) is 3.49. The van der Waals surface area contributed by atoms with Crippen LogP contribution in [0.4, 0.5) is 0 Å². The summed E-state index contributed by atoms with van der Waals surface area (Å²) in [6.45, 7) is 1.13. The standard InChI is InChI=1S/C35H35NO5/c1-36(34(37)26-39-21-18-27-25-33-28(19-22-40-33)24-32(27)38-2)20-23-41-35(29-12-6-3-7-13-29,30-14-8-4-9-15-30)31-16-10-5-11-17-31/h3-17,19,22,24-25H,18,20-21,23,26H2,1-2H3. The van der Waals surface area contributed by atoms with E-state index in [4.69, 9.17) is 18.6 Å². The zero-order valence-corrected chi connectivity index (χ0v) is 23.5. The Balaban J connectivity index is 1.22. The lowest BCUT2D eigenvalue weighted by atomic mass is 9.80. The normalized spacial score (nSPS) is 11.5. The number of hydrogen-bond donors (Lipinski definition) is 0. The number of likely N-dealkylation sites (N-methyl/N-ethyl adjacent to an activating group) is 1. The van der Waals surface area contributed by atoms with Crippen LogP contribution in [0.15, 0.2) is 120 Å². The quantitative estimate of drug-likeness (QED) is 0.124. The maximum absolute atomic E-state index is 12.9. The van der Waals surface area contributed by atoms with Gasteiger partial charge in [0.2, 0.25) is 5.91 Å². The molecule has 0 saturated carbocycles. The van der Waals surface area contributed by atoms with Gasteiger partial charge in [-0.3, -0.25) is 4.79 Å². The number of rotatable bonds is 13. The summed E-state index contributed by atoms with van der Waals surface area (Å²) in [6, 6.07) is 36.5. The first-order chi connectivity index (χ1) is 20.1. The molecule has 0 radical (unpaired) electrons. The fraction of sp³-hybridized carbons (Fsp3) is 0.229. The molecule has 6 nitrogen and oxygen atoms in total. The van der Waals surface area contributed by atoms with Crippen molar-refractivity contribution >= 4 is 16.9 Å². The molecular weight excluding hydrogens is 514 g/mol. The Morgan fingerprint density at radius 3 is 1.95 bits per heavy atom. The van der Waals surface area contributed by atoms with E-state index in [2.05, 4.69) is 36.4 Å². The lowest BCUT2D eigenvalue weighted by Crippen LogP contribution is -2.38. The molecule has 210 valence electrons. The summed E-state index contributed by atoms with van der Waals surface area (Å²) in [6.07, 6.45) is 2.26. The average molecular weight is 550 g/mol. The molecule has 1 amide bonds. The van der Waals surface area contributed by atoms with Crippen LogP contribution < -0.4 is 4.74 Å². The largest absolute Gasteiger partial charge is 0.496 e. The maximum atomic E-state index is 12.9. The van der Waals surface area contributed by atoms with Crippen molar-refractivity contribution < 1.29 is 23.4 Å². The molecule has 0 atom stereocenters. The minimum absolute atomic E-state index is 0.0109. The summed E-state index contributed by atoms with van der Waals surface area (Å²) >= 11 is 0. The van der Waals surface area contributed by atoms with Gasteiger partial charge in [-0.25, -0.2) is 0 Å². The van der Waals surface area contributed by atoms with Crippen LogP contribution >= 0.6 is 0 Å². The zero-order valence-electron chi connectivity index (χ0n) is 23.5. The van der Waals surface area contributed by atoms with Crippen molar-refractivity contribution in [1.29, 1.82) is 0 Å². The first-order valence-corrected chi connectivity index (χ1v) is 13.8. The van der Waals surface area contributed by atoms with Gasteiger partial charge in [0.15, 0.2) is 0 Å². The maximum Gasteiger partial charge on any atom is 0.248 e. The van der Waals surface area contributed by atoms with Crippen LogP contribution in [0, 0.1) is 0 Å². The molecule has 6 heteroatoms. The van der Waals surface area contributed by atoms with Crippen molar-refractivity contribution in [3.63, 3.8) is 0 Å². The summed E-state index contributed by atoms with van der Waals surface area (Å²) in [4.78, 5) is 14.5. The molecule has 1 aromatic heterocycles. The molecule has 0 aliphatic heterocycles. The molecule has 0 N–H and O–H groups in total. The molecule has 0 aliphatic rings. The van der Waals surface area contributed by atoms with Crippen LogP contribution in [-0.4, -0.2) is 51.3 Å². The molecule has 0 saturated heterocycles. The summed E-state index contributed by atoms with van der Waals surface area (Å²) in [7, 11) is 3.42. The molecule has 0 fully saturated rings. The van der Waals surface area contributed by atoms with Crippen molar-refractivity contribution in [2.75, 3.05) is 40.5 Å². The van der Waals surface area contributed by atoms with E-state index in [1.807, 2.05) is 72.8 Å². The number of nitrogens with zero attached hydrogens (tertiary/aromatic N) is 1. The summed E-state index contributed by atoms with van der Waals surface area (Å²) in [5.74, 6) is 0.675. The number of ether oxygens (including phenoxy) is 3. The Hall–Kier alpha value is -4.39. The van der Waals surface area contributed by atoms with Gasteiger partial charge in [-0.15, -0.1) is 0 Å². The summed E-state index contributed by atoms with van der Waals surface area (Å²) < 4.78 is 23.6. The van der Waals surface area contributed by atoms with Crippen molar-refractivity contribution in [1.82, 2.24) is 4.90 Å². The predicted molar refractivity (Wildman–Crippen MR) is 160 cm³/mol. The fourth-order valence-electron chi connectivity index (χ4n) is 5.10. The molecule has 0 aliphatic carbocycles. The minimum Gasteiger partial charge on any atom is -0.496 e. The molecular formula is C35H35NO5. The summed E-state index contributed by atoms with van der Waals surface area (Å²) in [5, 5.41) is 0.987. The highest BCUT2D eigenvalue weighted by Crippen LogP contribution is 2.40. The van der Waals surface area contributed by atoms with Gasteiger partial charge in [0.05, 0.1) is 26.6 Å². The molecule has 0 spiro atoms. The Kier molecular flexibility index (Phi) is 9.14. The van der Waals surface area contributed by atoms with Crippen LogP contribution in [0.25, 0.3) is 11.0 Å². The lowest BCUT2D eigenvalue weighted by Gasteiger charge is -2.36. The Bertz CT molecular complexity index is 1440. The molecule has 5 aromatic rings. The zero-order chi connectivity index (χ0) is 28.5. The third kappa shape index (κ3) is 6.35. The molecule has 4 aromatic carbocycles. The van der Waals surface area contributed by atoms with Gasteiger partial charge >= 0.3 is 0 Å². The number of carbonyl (C=O) groups excluding carboxylic acids is 1. The number of benzene rings is 4. The van der Waals surface area contributed by atoms with E-state index in [-0.39, 0.29) is 12.5 Å². The topological polar surface area (TPSA) is 61.1 Å². The van der Waals surface area contributed by atoms with Crippen molar-refractivity contribution in [3.05, 3.63) is 138 Å². The first-order valence-electron chi connectivity index (χ1n) is 13.8. The first kappa shape index (κ1) is 28.1. The van der Waals surface area contributed by atoms with E-state index in [1.54, 1.807) is 25.3 Å². The van der Waals surface area contributed by atoms with E-state index in [0.29, 0.717) is 26.2 Å². The van der Waals surface area contributed by atoms with Gasteiger partial charge in [0.25, 0.3) is 0 Å². The predicted octanol–water partition coefficient (Wildman–Crippen LogP) is 6.47. The number of amides is 1. The summed E-state index contributed by atoms with van der Waals surface area (Å²) in [5.41, 5.74) is 4.03. The minimum atomic E-state index is -0.821. The molecule has 41 heavy (non-hydrogen) atoms. The van der Waals surface area contributed by atoms with Gasteiger partial charge in [-0.2, -0.15) is 0 Å². The Morgan fingerprint density at radius 1 is 0.805 bits per heavy atom. The molecule has 0 bridgehead atoms. The van der Waals surface area contributed by atoms with Gasteiger partial charge < -0.3 is 23.5 Å². The lowest BCUT2D eigenvalue weighted by molar-refractivity contribution is -0.136. The number of hydrogen-bond acceptors (Lipinski definition) is 5. The van der Waals surface area contributed by atoms with Crippen LogP contribution in [0.5, 0.6) is 5.75 Å². The van der Waals surface area contributed by atoms with Crippen molar-refractivity contribution in [2.24, 2.45) is 0 Å². The van der Waals surface area contributed by atoms with E-state index in [9.17, 15) is 4.79 Å². The van der Waals surface area contributed by atoms with Crippen molar-refractivity contribution in [3.8, 4) is 5.75 Å². The van der Waals surface area contributed by atoms with Crippen molar-refractivity contribution in [2.45, 2.75) is 12.0 Å². The van der Waals surface area contributed by atoms with Gasteiger partial charge in [0, 0.05) is 24.5 Å². The van der Waals surface area contributed by atoms with Gasteiger partial charge in [0.1, 0.15) is 23.5 Å². The number of furan rings is 1.